The van der Waals surface area contributed by atoms with Gasteiger partial charge in [-0.05, 0) is 30.7 Å². The summed E-state index contributed by atoms with van der Waals surface area (Å²) in [6, 6.07) is 8.82. The zero-order chi connectivity index (χ0) is 17.7. The molecule has 2 aromatic carbocycles. The number of carbonyl (C=O) groups excluding carboxylic acids is 2. The molecule has 0 bridgehead atoms. The van der Waals surface area contributed by atoms with Gasteiger partial charge in [0.2, 0.25) is 0 Å². The van der Waals surface area contributed by atoms with Crippen LogP contribution in [0.2, 0.25) is 0 Å². The summed E-state index contributed by atoms with van der Waals surface area (Å²) in [6.07, 6.45) is 0. The van der Waals surface area contributed by atoms with Crippen molar-refractivity contribution in [3.8, 4) is 5.75 Å². The lowest BCUT2D eigenvalue weighted by molar-refractivity contribution is 0.0500. The summed E-state index contributed by atoms with van der Waals surface area (Å²) in [5.41, 5.74) is 0.691. The molecule has 5 nitrogen and oxygen atoms in total. The summed E-state index contributed by atoms with van der Waals surface area (Å²) in [4.78, 5) is 24.1. The molecule has 0 aliphatic heterocycles. The van der Waals surface area contributed by atoms with Gasteiger partial charge in [0.05, 0.1) is 12.7 Å². The monoisotopic (exact) mass is 332 g/mol. The van der Waals surface area contributed by atoms with Crippen molar-refractivity contribution in [1.29, 1.82) is 0 Å². The normalized spacial score (nSPS) is 10.3. The largest absolute Gasteiger partial charge is 0.467 e. The molecule has 0 aromatic heterocycles. The highest BCUT2D eigenvalue weighted by molar-refractivity contribution is 6.11. The number of aryl methyl sites for hydroxylation is 1. The first-order valence-electron chi connectivity index (χ1n) is 7.13. The van der Waals surface area contributed by atoms with Crippen LogP contribution in [0.4, 0.5) is 4.39 Å². The van der Waals surface area contributed by atoms with Crippen molar-refractivity contribution in [3.05, 3.63) is 64.5 Å². The molecular weight excluding hydrogens is 315 g/mol. The Bertz CT molecular complexity index is 753. The summed E-state index contributed by atoms with van der Waals surface area (Å²) >= 11 is 0. The zero-order valence-electron chi connectivity index (χ0n) is 13.6. The van der Waals surface area contributed by atoms with E-state index in [1.807, 2.05) is 0 Å². The third-order valence-electron chi connectivity index (χ3n) is 3.42. The van der Waals surface area contributed by atoms with Gasteiger partial charge in [-0.1, -0.05) is 18.2 Å². The van der Waals surface area contributed by atoms with Gasteiger partial charge in [0, 0.05) is 12.7 Å². The first-order valence-corrected chi connectivity index (χ1v) is 7.13. The molecule has 6 heteroatoms. The van der Waals surface area contributed by atoms with E-state index in [4.69, 9.17) is 9.47 Å². The smallest absolute Gasteiger partial charge is 0.337 e. The minimum Gasteiger partial charge on any atom is -0.467 e. The first-order chi connectivity index (χ1) is 11.5. The quantitative estimate of drug-likeness (QED) is 0.462. The topological polar surface area (TPSA) is 61.8 Å². The molecule has 126 valence electrons. The Morgan fingerprint density at radius 1 is 1.00 bits per heavy atom. The Kier molecular flexibility index (Phi) is 5.65. The fraction of sp³-hybridized carbons (Fsp3) is 0.222. The van der Waals surface area contributed by atoms with Crippen molar-refractivity contribution < 1.29 is 28.2 Å². The van der Waals surface area contributed by atoms with Gasteiger partial charge in [-0.3, -0.25) is 4.79 Å². The van der Waals surface area contributed by atoms with E-state index in [0.717, 1.165) is 0 Å². The molecule has 0 N–H and O–H groups in total. The van der Waals surface area contributed by atoms with Crippen LogP contribution in [0.5, 0.6) is 5.75 Å². The number of rotatable bonds is 6. The summed E-state index contributed by atoms with van der Waals surface area (Å²) in [6.45, 7) is 1.45. The standard InChI is InChI=1S/C18H17FO5/c1-11-4-9-14(24-10-22-2)15(16(11)19)17(20)12-5-7-13(8-6-12)18(21)23-3/h4-9H,10H2,1-3H3. The van der Waals surface area contributed by atoms with Crippen molar-refractivity contribution in [2.45, 2.75) is 6.92 Å². The fourth-order valence-corrected chi connectivity index (χ4v) is 2.14. The minimum atomic E-state index is -0.648. The van der Waals surface area contributed by atoms with Gasteiger partial charge in [-0.25, -0.2) is 9.18 Å². The number of ether oxygens (including phenoxy) is 3. The number of benzene rings is 2. The van der Waals surface area contributed by atoms with E-state index in [-0.39, 0.29) is 23.7 Å². The number of methoxy groups -OCH3 is 2. The summed E-state index contributed by atoms with van der Waals surface area (Å²) in [7, 11) is 2.69. The third-order valence-corrected chi connectivity index (χ3v) is 3.42. The molecule has 0 aliphatic carbocycles. The maximum absolute atomic E-state index is 14.5. The van der Waals surface area contributed by atoms with Gasteiger partial charge in [0.15, 0.2) is 12.6 Å². The number of ketones is 1. The summed E-state index contributed by atoms with van der Waals surface area (Å²) < 4.78 is 29.2. The van der Waals surface area contributed by atoms with Crippen molar-refractivity contribution >= 4 is 11.8 Å². The lowest BCUT2D eigenvalue weighted by Crippen LogP contribution is -2.11. The van der Waals surface area contributed by atoms with Crippen molar-refractivity contribution in [2.75, 3.05) is 21.0 Å². The van der Waals surface area contributed by atoms with E-state index in [9.17, 15) is 14.0 Å². The van der Waals surface area contributed by atoms with Gasteiger partial charge >= 0.3 is 5.97 Å². The van der Waals surface area contributed by atoms with Gasteiger partial charge < -0.3 is 14.2 Å². The van der Waals surface area contributed by atoms with Crippen LogP contribution in [0.1, 0.15) is 31.8 Å². The maximum Gasteiger partial charge on any atom is 0.337 e. The Hall–Kier alpha value is -2.73. The molecular formula is C18H17FO5. The Morgan fingerprint density at radius 2 is 1.62 bits per heavy atom. The van der Waals surface area contributed by atoms with Crippen LogP contribution < -0.4 is 4.74 Å². The second-order valence-corrected chi connectivity index (χ2v) is 5.02. The van der Waals surface area contributed by atoms with Gasteiger partial charge in [-0.2, -0.15) is 0 Å². The van der Waals surface area contributed by atoms with Crippen molar-refractivity contribution in [2.24, 2.45) is 0 Å². The Balaban J connectivity index is 2.41. The predicted octanol–water partition coefficient (Wildman–Crippen LogP) is 3.13. The first kappa shape index (κ1) is 17.6. The fourth-order valence-electron chi connectivity index (χ4n) is 2.14. The molecule has 24 heavy (non-hydrogen) atoms. The van der Waals surface area contributed by atoms with Gasteiger partial charge in [-0.15, -0.1) is 0 Å². The van der Waals surface area contributed by atoms with Crippen LogP contribution >= 0.6 is 0 Å². The van der Waals surface area contributed by atoms with Crippen LogP contribution in [0.3, 0.4) is 0 Å². The number of hydrogen-bond acceptors (Lipinski definition) is 5. The molecule has 0 unspecified atom stereocenters. The molecule has 0 radical (unpaired) electrons. The van der Waals surface area contributed by atoms with Crippen molar-refractivity contribution in [1.82, 2.24) is 0 Å². The van der Waals surface area contributed by atoms with Crippen LogP contribution in [0, 0.1) is 12.7 Å². The van der Waals surface area contributed by atoms with Crippen LogP contribution in [0.15, 0.2) is 36.4 Å². The van der Waals surface area contributed by atoms with Crippen molar-refractivity contribution in [3.63, 3.8) is 0 Å². The molecule has 0 saturated heterocycles. The van der Waals surface area contributed by atoms with Gasteiger partial charge in [0.1, 0.15) is 17.1 Å². The number of halogens is 1. The lowest BCUT2D eigenvalue weighted by Gasteiger charge is -2.12. The zero-order valence-corrected chi connectivity index (χ0v) is 13.6. The molecule has 0 atom stereocenters. The number of carbonyl (C=O) groups is 2. The second-order valence-electron chi connectivity index (χ2n) is 5.02. The molecule has 0 heterocycles. The third kappa shape index (κ3) is 3.60. The Labute approximate surface area is 139 Å². The molecule has 0 aliphatic rings. The average molecular weight is 332 g/mol. The second kappa shape index (κ2) is 7.70. The summed E-state index contributed by atoms with van der Waals surface area (Å²) in [5.74, 6) is -1.61. The van der Waals surface area contributed by atoms with Crippen LogP contribution in [-0.4, -0.2) is 32.8 Å². The van der Waals surface area contributed by atoms with E-state index in [0.29, 0.717) is 11.1 Å². The van der Waals surface area contributed by atoms with Gasteiger partial charge in [0.25, 0.3) is 0 Å². The van der Waals surface area contributed by atoms with Crippen LogP contribution in [0.25, 0.3) is 0 Å². The van der Waals surface area contributed by atoms with Crippen LogP contribution in [-0.2, 0) is 9.47 Å². The number of esters is 1. The lowest BCUT2D eigenvalue weighted by atomic mass is 9.99. The summed E-state index contributed by atoms with van der Waals surface area (Å²) in [5, 5.41) is 0. The molecule has 0 saturated carbocycles. The Morgan fingerprint density at radius 3 is 2.21 bits per heavy atom. The van der Waals surface area contributed by atoms with E-state index >= 15 is 0 Å². The highest BCUT2D eigenvalue weighted by Crippen LogP contribution is 2.27. The molecule has 2 aromatic rings. The van der Waals surface area contributed by atoms with E-state index < -0.39 is 17.6 Å². The van der Waals surface area contributed by atoms with E-state index in [1.165, 1.54) is 50.6 Å². The average Bonchev–Trinajstić information content (AvgIpc) is 2.61. The molecule has 0 fully saturated rings. The van der Waals surface area contributed by atoms with E-state index in [2.05, 4.69) is 4.74 Å². The highest BCUT2D eigenvalue weighted by atomic mass is 19.1. The maximum atomic E-state index is 14.5. The SMILES string of the molecule is COCOc1ccc(C)c(F)c1C(=O)c1ccc(C(=O)OC)cc1. The highest BCUT2D eigenvalue weighted by Gasteiger charge is 2.22. The minimum absolute atomic E-state index is 0.0991. The molecule has 0 amide bonds. The molecule has 0 spiro atoms. The van der Waals surface area contributed by atoms with E-state index in [1.54, 1.807) is 6.92 Å². The predicted molar refractivity (Wildman–Crippen MR) is 84.9 cm³/mol. The molecule has 2 rings (SSSR count). The number of hydrogen-bond donors (Lipinski definition) is 0.